The van der Waals surface area contributed by atoms with Gasteiger partial charge in [-0.15, -0.1) is 0 Å². The molecule has 0 N–H and O–H groups in total. The lowest BCUT2D eigenvalue weighted by molar-refractivity contribution is -0.145. The summed E-state index contributed by atoms with van der Waals surface area (Å²) in [5.41, 5.74) is 1.50. The van der Waals surface area contributed by atoms with E-state index in [0.29, 0.717) is 17.4 Å². The standard InChI is InChI=1S/C17H21NO3/c1-6-13-16(18-4)15(17(19)20-5)11(3)12-8-7-10(2)9-14(12)21-13/h6-8,10-11,15H,1,4,9H2,2-3,5H3. The van der Waals surface area contributed by atoms with Crippen LogP contribution in [0.3, 0.4) is 0 Å². The third-order valence-electron chi connectivity index (χ3n) is 4.02. The van der Waals surface area contributed by atoms with Gasteiger partial charge in [-0.25, -0.2) is 0 Å². The lowest BCUT2D eigenvalue weighted by Gasteiger charge is -2.24. The third-order valence-corrected chi connectivity index (χ3v) is 4.02. The highest BCUT2D eigenvalue weighted by atomic mass is 16.5. The van der Waals surface area contributed by atoms with Gasteiger partial charge in [-0.1, -0.05) is 32.6 Å². The minimum absolute atomic E-state index is 0.0888. The van der Waals surface area contributed by atoms with E-state index in [4.69, 9.17) is 9.47 Å². The number of hydrogen-bond acceptors (Lipinski definition) is 4. The molecule has 0 aromatic rings. The van der Waals surface area contributed by atoms with Crippen molar-refractivity contribution in [1.29, 1.82) is 0 Å². The Balaban J connectivity index is 2.58. The number of carbonyl (C=O) groups excluding carboxylic acids is 1. The molecule has 3 unspecified atom stereocenters. The quantitative estimate of drug-likeness (QED) is 0.590. The summed E-state index contributed by atoms with van der Waals surface area (Å²) < 4.78 is 10.9. The zero-order valence-corrected chi connectivity index (χ0v) is 12.8. The summed E-state index contributed by atoms with van der Waals surface area (Å²) in [6.45, 7) is 11.4. The molecule has 3 atom stereocenters. The van der Waals surface area contributed by atoms with Crippen molar-refractivity contribution in [1.82, 2.24) is 0 Å². The van der Waals surface area contributed by atoms with Crippen LogP contribution in [0.25, 0.3) is 0 Å². The zero-order valence-electron chi connectivity index (χ0n) is 12.8. The van der Waals surface area contributed by atoms with Crippen molar-refractivity contribution in [3.05, 3.63) is 47.6 Å². The van der Waals surface area contributed by atoms with Crippen LogP contribution in [0.15, 0.2) is 52.6 Å². The van der Waals surface area contributed by atoms with Crippen LogP contribution in [-0.2, 0) is 14.3 Å². The second-order valence-electron chi connectivity index (χ2n) is 5.42. The van der Waals surface area contributed by atoms with Crippen LogP contribution in [0.2, 0.25) is 0 Å². The Morgan fingerprint density at radius 3 is 2.81 bits per heavy atom. The van der Waals surface area contributed by atoms with Gasteiger partial charge in [-0.2, -0.15) is 0 Å². The second-order valence-corrected chi connectivity index (χ2v) is 5.42. The Kier molecular flexibility index (Phi) is 4.46. The van der Waals surface area contributed by atoms with E-state index in [9.17, 15) is 4.79 Å². The first-order valence-electron chi connectivity index (χ1n) is 7.03. The summed E-state index contributed by atoms with van der Waals surface area (Å²) in [6.07, 6.45) is 6.54. The molecule has 0 saturated heterocycles. The van der Waals surface area contributed by atoms with E-state index in [1.807, 2.05) is 13.0 Å². The van der Waals surface area contributed by atoms with E-state index < -0.39 is 5.92 Å². The van der Waals surface area contributed by atoms with Gasteiger partial charge < -0.3 is 9.47 Å². The van der Waals surface area contributed by atoms with Crippen LogP contribution in [0.4, 0.5) is 0 Å². The maximum atomic E-state index is 12.2. The number of ether oxygens (including phenoxy) is 2. The molecule has 0 fully saturated rings. The predicted octanol–water partition coefficient (Wildman–Crippen LogP) is 3.39. The average molecular weight is 287 g/mol. The van der Waals surface area contributed by atoms with Gasteiger partial charge >= 0.3 is 5.97 Å². The number of rotatable bonds is 3. The van der Waals surface area contributed by atoms with E-state index in [2.05, 4.69) is 31.3 Å². The first kappa shape index (κ1) is 15.3. The number of allylic oxidation sites excluding steroid dienone is 5. The van der Waals surface area contributed by atoms with Crippen LogP contribution in [0, 0.1) is 17.8 Å². The topological polar surface area (TPSA) is 47.9 Å². The summed E-state index contributed by atoms with van der Waals surface area (Å²) in [6, 6.07) is 0. The monoisotopic (exact) mass is 287 g/mol. The molecule has 4 heteroatoms. The summed E-state index contributed by atoms with van der Waals surface area (Å²) in [7, 11) is 1.38. The van der Waals surface area contributed by atoms with Crippen LogP contribution in [0.1, 0.15) is 20.3 Å². The van der Waals surface area contributed by atoms with Crippen molar-refractivity contribution >= 4 is 12.7 Å². The fraction of sp³-hybridized carbons (Fsp3) is 0.412. The molecular weight excluding hydrogens is 266 g/mol. The number of hydrogen-bond donors (Lipinski definition) is 0. The lowest BCUT2D eigenvalue weighted by atomic mass is 9.81. The van der Waals surface area contributed by atoms with E-state index in [0.717, 1.165) is 17.8 Å². The summed E-state index contributed by atoms with van der Waals surface area (Å²) in [5, 5.41) is 0. The van der Waals surface area contributed by atoms with Crippen LogP contribution in [0.5, 0.6) is 0 Å². The molecule has 112 valence electrons. The first-order chi connectivity index (χ1) is 10.0. The summed E-state index contributed by atoms with van der Waals surface area (Å²) in [5.74, 6) is 0.797. The molecule has 2 aliphatic rings. The molecule has 1 aliphatic carbocycles. The highest BCUT2D eigenvalue weighted by Gasteiger charge is 2.38. The van der Waals surface area contributed by atoms with Crippen molar-refractivity contribution in [2.75, 3.05) is 7.11 Å². The van der Waals surface area contributed by atoms with E-state index in [1.54, 1.807) is 6.08 Å². The first-order valence-corrected chi connectivity index (χ1v) is 7.03. The molecule has 0 bridgehead atoms. The van der Waals surface area contributed by atoms with E-state index in [-0.39, 0.29) is 11.9 Å². The van der Waals surface area contributed by atoms with Gasteiger partial charge in [0, 0.05) is 12.3 Å². The number of aliphatic imine (C=N–C) groups is 1. The largest absolute Gasteiger partial charge is 0.468 e. The zero-order chi connectivity index (χ0) is 15.6. The van der Waals surface area contributed by atoms with Gasteiger partial charge in [-0.3, -0.25) is 9.79 Å². The lowest BCUT2D eigenvalue weighted by Crippen LogP contribution is -2.26. The van der Waals surface area contributed by atoms with Gasteiger partial charge in [0.15, 0.2) is 0 Å². The van der Waals surface area contributed by atoms with Gasteiger partial charge in [0.1, 0.15) is 17.4 Å². The molecular formula is C17H21NO3. The summed E-state index contributed by atoms with van der Waals surface area (Å²) in [4.78, 5) is 16.2. The number of esters is 1. The third kappa shape index (κ3) is 2.71. The fourth-order valence-electron chi connectivity index (χ4n) is 2.87. The van der Waals surface area contributed by atoms with Gasteiger partial charge in [0.05, 0.1) is 12.8 Å². The van der Waals surface area contributed by atoms with Crippen molar-refractivity contribution in [2.45, 2.75) is 20.3 Å². The SMILES string of the molecule is C=CC1=C(N=C)C(C(=O)OC)C(C)C2=C(CC(C)C=C2)O1. The Bertz CT molecular complexity index is 569. The van der Waals surface area contributed by atoms with Gasteiger partial charge in [0.25, 0.3) is 0 Å². The van der Waals surface area contributed by atoms with Gasteiger partial charge in [-0.05, 0) is 24.3 Å². The molecule has 4 nitrogen and oxygen atoms in total. The molecule has 0 aromatic carbocycles. The Morgan fingerprint density at radius 1 is 1.52 bits per heavy atom. The van der Waals surface area contributed by atoms with E-state index >= 15 is 0 Å². The highest BCUT2D eigenvalue weighted by molar-refractivity contribution is 5.77. The highest BCUT2D eigenvalue weighted by Crippen LogP contribution is 2.41. The smallest absolute Gasteiger partial charge is 0.315 e. The second kappa shape index (κ2) is 6.12. The number of nitrogens with zero attached hydrogens (tertiary/aromatic N) is 1. The van der Waals surface area contributed by atoms with Crippen LogP contribution in [-0.4, -0.2) is 19.8 Å². The summed E-state index contributed by atoms with van der Waals surface area (Å²) >= 11 is 0. The van der Waals surface area contributed by atoms with E-state index in [1.165, 1.54) is 7.11 Å². The maximum absolute atomic E-state index is 12.2. The molecule has 0 saturated carbocycles. The van der Waals surface area contributed by atoms with Crippen LogP contribution >= 0.6 is 0 Å². The molecule has 0 radical (unpaired) electrons. The molecule has 21 heavy (non-hydrogen) atoms. The molecule has 0 spiro atoms. The molecule has 0 amide bonds. The van der Waals surface area contributed by atoms with Gasteiger partial charge in [0.2, 0.25) is 0 Å². The Hall–Kier alpha value is -2.10. The minimum Gasteiger partial charge on any atom is -0.468 e. The molecule has 1 aliphatic heterocycles. The molecule has 2 rings (SSSR count). The Morgan fingerprint density at radius 2 is 2.24 bits per heavy atom. The minimum atomic E-state index is -0.536. The molecule has 1 heterocycles. The van der Waals surface area contributed by atoms with Crippen molar-refractivity contribution in [2.24, 2.45) is 22.7 Å². The normalized spacial score (nSPS) is 28.4. The molecule has 0 aromatic heterocycles. The average Bonchev–Trinajstić information content (AvgIpc) is 2.60. The fourth-order valence-corrected chi connectivity index (χ4v) is 2.87. The van der Waals surface area contributed by atoms with Crippen molar-refractivity contribution in [3.63, 3.8) is 0 Å². The van der Waals surface area contributed by atoms with Crippen molar-refractivity contribution in [3.8, 4) is 0 Å². The van der Waals surface area contributed by atoms with Crippen LogP contribution < -0.4 is 0 Å². The maximum Gasteiger partial charge on any atom is 0.315 e. The number of carbonyl (C=O) groups is 1. The number of methoxy groups -OCH3 is 1. The predicted molar refractivity (Wildman–Crippen MR) is 82.5 cm³/mol. The van der Waals surface area contributed by atoms with Crippen molar-refractivity contribution < 1.29 is 14.3 Å². The Labute approximate surface area is 125 Å².